The predicted octanol–water partition coefficient (Wildman–Crippen LogP) is 4.50. The summed E-state index contributed by atoms with van der Waals surface area (Å²) in [6, 6.07) is 0. The number of anilines is 1. The lowest BCUT2D eigenvalue weighted by molar-refractivity contribution is -0.160. The Morgan fingerprint density at radius 3 is 2.21 bits per heavy atom. The lowest BCUT2D eigenvalue weighted by atomic mass is 9.78. The van der Waals surface area contributed by atoms with Crippen molar-refractivity contribution in [3.05, 3.63) is 52.8 Å². The number of hydrogen-bond acceptors (Lipinski definition) is 14. The van der Waals surface area contributed by atoms with Crippen LogP contribution in [0.15, 0.2) is 36.1 Å². The van der Waals surface area contributed by atoms with Gasteiger partial charge in [-0.25, -0.2) is 0 Å². The van der Waals surface area contributed by atoms with Gasteiger partial charge in [-0.15, -0.1) is 0 Å². The SMILES string of the molecule is CO[C@H]1/C=C/O[C@@]2(C)Oc3c(C)c(O)c4c(O)c(c(CN5CCN(C)CC5)c(O)c4c3C2=O)NC(=O)/C(C)=C\C=C\[C@@H](C)[C@H](O)C(C)[C@H](O)C(C)[C@H](OC(C)=O)[C@@H]1C. The van der Waals surface area contributed by atoms with Crippen molar-refractivity contribution in [3.8, 4) is 23.0 Å². The van der Waals surface area contributed by atoms with E-state index in [0.29, 0.717) is 13.1 Å². The molecule has 318 valence electrons. The van der Waals surface area contributed by atoms with E-state index < -0.39 is 88.8 Å². The van der Waals surface area contributed by atoms with Crippen LogP contribution in [0.2, 0.25) is 0 Å². The highest BCUT2D eigenvalue weighted by Gasteiger charge is 2.50. The highest BCUT2D eigenvalue weighted by atomic mass is 16.7. The summed E-state index contributed by atoms with van der Waals surface area (Å²) < 4.78 is 23.7. The molecule has 0 aliphatic carbocycles. The number of fused-ring (bicyclic) bond motifs is 14. The molecular formula is C43H59N3O12. The second kappa shape index (κ2) is 17.7. The van der Waals surface area contributed by atoms with Crippen LogP contribution in [-0.2, 0) is 30.3 Å². The Labute approximate surface area is 339 Å². The summed E-state index contributed by atoms with van der Waals surface area (Å²) in [6.07, 6.45) is 3.73. The van der Waals surface area contributed by atoms with Gasteiger partial charge in [0, 0.05) is 99.4 Å². The number of phenols is 3. The second-order valence-electron chi connectivity index (χ2n) is 16.3. The van der Waals surface area contributed by atoms with Gasteiger partial charge in [0.15, 0.2) is 5.75 Å². The van der Waals surface area contributed by atoms with E-state index in [9.17, 15) is 39.9 Å². The van der Waals surface area contributed by atoms with Crippen LogP contribution in [0.3, 0.4) is 0 Å². The number of likely N-dealkylation sites (N-methyl/N-ethyl adjacent to an activating group) is 1. The quantitative estimate of drug-likeness (QED) is 0.143. The van der Waals surface area contributed by atoms with Crippen molar-refractivity contribution in [2.24, 2.45) is 23.7 Å². The lowest BCUT2D eigenvalue weighted by Gasteiger charge is -2.38. The molecule has 9 atom stereocenters. The Morgan fingerprint density at radius 1 is 0.931 bits per heavy atom. The maximum atomic E-state index is 14.4. The third-order valence-electron chi connectivity index (χ3n) is 12.1. The summed E-state index contributed by atoms with van der Waals surface area (Å²) in [6.45, 7) is 15.4. The van der Waals surface area contributed by atoms with Crippen LogP contribution in [0.1, 0.15) is 70.0 Å². The number of nitrogens with zero attached hydrogens (tertiary/aromatic N) is 2. The summed E-state index contributed by atoms with van der Waals surface area (Å²) in [5, 5.41) is 60.9. The first kappa shape index (κ1) is 44.4. The number of amides is 1. The molecule has 0 aromatic heterocycles. The van der Waals surface area contributed by atoms with Gasteiger partial charge < -0.3 is 54.7 Å². The molecule has 0 saturated carbocycles. The van der Waals surface area contributed by atoms with Gasteiger partial charge in [-0.3, -0.25) is 19.3 Å². The van der Waals surface area contributed by atoms with Crippen molar-refractivity contribution >= 4 is 34.1 Å². The number of allylic oxidation sites excluding steroid dienone is 2. The number of benzene rings is 2. The fourth-order valence-corrected chi connectivity index (χ4v) is 8.17. The van der Waals surface area contributed by atoms with E-state index in [1.165, 1.54) is 46.3 Å². The monoisotopic (exact) mass is 809 g/mol. The fourth-order valence-electron chi connectivity index (χ4n) is 8.17. The lowest BCUT2D eigenvalue weighted by Crippen LogP contribution is -2.46. The maximum absolute atomic E-state index is 14.4. The van der Waals surface area contributed by atoms with Crippen molar-refractivity contribution in [3.63, 3.8) is 0 Å². The summed E-state index contributed by atoms with van der Waals surface area (Å²) in [5.74, 6) is -7.86. The summed E-state index contributed by atoms with van der Waals surface area (Å²) >= 11 is 0. The summed E-state index contributed by atoms with van der Waals surface area (Å²) in [4.78, 5) is 44.7. The van der Waals surface area contributed by atoms with E-state index in [0.717, 1.165) is 13.1 Å². The zero-order valence-electron chi connectivity index (χ0n) is 35.0. The maximum Gasteiger partial charge on any atom is 0.312 e. The number of methoxy groups -OCH3 is 1. The van der Waals surface area contributed by atoms with Crippen molar-refractivity contribution in [2.45, 2.75) is 92.1 Å². The number of aliphatic hydroxyl groups excluding tert-OH is 2. The summed E-state index contributed by atoms with van der Waals surface area (Å²) in [5.41, 5.74) is 0.176. The highest BCUT2D eigenvalue weighted by molar-refractivity contribution is 6.22. The Kier molecular flexibility index (Phi) is 13.5. The molecule has 15 heteroatoms. The Bertz CT molecular complexity index is 2000. The molecule has 2 unspecified atom stereocenters. The number of carbonyl (C=O) groups excluding carboxylic acids is 3. The Morgan fingerprint density at radius 2 is 1.59 bits per heavy atom. The molecule has 58 heavy (non-hydrogen) atoms. The van der Waals surface area contributed by atoms with Crippen LogP contribution < -0.4 is 10.1 Å². The van der Waals surface area contributed by atoms with Gasteiger partial charge in [0.25, 0.3) is 11.7 Å². The summed E-state index contributed by atoms with van der Waals surface area (Å²) in [7, 11) is 3.44. The predicted molar refractivity (Wildman–Crippen MR) is 217 cm³/mol. The Hall–Kier alpha value is -4.67. The molecule has 4 aliphatic heterocycles. The number of rotatable bonds is 4. The molecule has 15 nitrogen and oxygen atoms in total. The van der Waals surface area contributed by atoms with Crippen molar-refractivity contribution < 1.29 is 58.9 Å². The molecule has 4 aliphatic rings. The van der Waals surface area contributed by atoms with Crippen LogP contribution in [0, 0.1) is 30.6 Å². The number of Topliss-reactive ketones (excluding diaryl/α,β-unsaturated/α-hetero) is 1. The average Bonchev–Trinajstić information content (AvgIpc) is 3.45. The zero-order chi connectivity index (χ0) is 43.0. The number of ketones is 1. The first-order valence-electron chi connectivity index (χ1n) is 19.7. The minimum absolute atomic E-state index is 0.0565. The van der Waals surface area contributed by atoms with E-state index >= 15 is 0 Å². The normalized spacial score (nSPS) is 32.6. The third kappa shape index (κ3) is 8.55. The third-order valence-corrected chi connectivity index (χ3v) is 12.1. The van der Waals surface area contributed by atoms with Gasteiger partial charge in [0.2, 0.25) is 0 Å². The molecular weight excluding hydrogens is 750 g/mol. The number of hydrogen-bond donors (Lipinski definition) is 6. The second-order valence-corrected chi connectivity index (χ2v) is 16.3. The Balaban J connectivity index is 1.70. The topological polar surface area (TPSA) is 208 Å². The molecule has 1 amide bonds. The van der Waals surface area contributed by atoms with Crippen LogP contribution in [-0.4, -0.2) is 124 Å². The van der Waals surface area contributed by atoms with E-state index in [1.54, 1.807) is 46.8 Å². The van der Waals surface area contributed by atoms with Gasteiger partial charge in [-0.1, -0.05) is 45.9 Å². The molecule has 1 saturated heterocycles. The van der Waals surface area contributed by atoms with Crippen LogP contribution in [0.4, 0.5) is 5.69 Å². The molecule has 4 heterocycles. The molecule has 6 N–H and O–H groups in total. The number of aliphatic hydroxyl groups is 2. The molecule has 6 rings (SSSR count). The highest BCUT2D eigenvalue weighted by Crippen LogP contribution is 2.55. The van der Waals surface area contributed by atoms with Gasteiger partial charge >= 0.3 is 11.8 Å². The minimum Gasteiger partial charge on any atom is -0.507 e. The van der Waals surface area contributed by atoms with Gasteiger partial charge in [0.1, 0.15) is 23.4 Å². The van der Waals surface area contributed by atoms with Crippen LogP contribution >= 0.6 is 0 Å². The first-order chi connectivity index (χ1) is 27.2. The van der Waals surface area contributed by atoms with Crippen LogP contribution in [0.25, 0.3) is 10.8 Å². The zero-order valence-corrected chi connectivity index (χ0v) is 35.0. The van der Waals surface area contributed by atoms with Crippen molar-refractivity contribution in [2.75, 3.05) is 45.7 Å². The smallest absolute Gasteiger partial charge is 0.312 e. The van der Waals surface area contributed by atoms with E-state index in [2.05, 4.69) is 10.2 Å². The largest absolute Gasteiger partial charge is 0.507 e. The number of phenolic OH excluding ortho intramolecular Hbond substituents is 3. The number of piperazine rings is 1. The number of carbonyl (C=O) groups is 3. The first-order valence-corrected chi connectivity index (χ1v) is 19.7. The number of ether oxygens (including phenoxy) is 4. The fraction of sp³-hybridized carbons (Fsp3) is 0.558. The molecule has 5 bridgehead atoms. The molecule has 1 fully saturated rings. The number of aromatic hydroxyl groups is 3. The molecule has 0 spiro atoms. The van der Waals surface area contributed by atoms with Gasteiger partial charge in [-0.05, 0) is 27.0 Å². The van der Waals surface area contributed by atoms with E-state index in [4.69, 9.17) is 18.9 Å². The molecule has 0 radical (unpaired) electrons. The van der Waals surface area contributed by atoms with Crippen molar-refractivity contribution in [1.82, 2.24) is 9.80 Å². The average molecular weight is 810 g/mol. The van der Waals surface area contributed by atoms with E-state index in [-0.39, 0.29) is 51.0 Å². The number of esters is 1. The molecule has 2 aromatic rings. The van der Waals surface area contributed by atoms with Gasteiger partial charge in [0.05, 0.1) is 41.2 Å². The van der Waals surface area contributed by atoms with Crippen LogP contribution in [0.5, 0.6) is 23.0 Å². The van der Waals surface area contributed by atoms with Crippen molar-refractivity contribution in [1.29, 1.82) is 0 Å². The standard InChI is InChI=1S/C43H59N3O12/c1-21-12-11-13-22(2)42(54)44-33-28(20-46-17-15-45(9)16-18-46)37(51)30-31(38(33)52)36(50)26(6)40-32(30)41(53)43(8,58-40)56-19-14-29(55-10)23(3)39(57-27(7)47)25(5)35(49)24(4)34(21)48/h11-14,19,21,23-25,29,34-35,39,48-52H,15-18,20H2,1-10H3,(H,44,54)/b12-11+,19-14+,22-13-/t21-,23-,24?,25?,29+,34+,35+,39-,43+/m1/s1. The minimum atomic E-state index is -2.01. The van der Waals surface area contributed by atoms with E-state index in [1.807, 2.05) is 11.9 Å². The van der Waals surface area contributed by atoms with Gasteiger partial charge in [-0.2, -0.15) is 0 Å². The number of nitrogens with one attached hydrogen (secondary N) is 1. The molecule has 2 aromatic carbocycles.